The Kier molecular flexibility index (Phi) is 9.42. The van der Waals surface area contributed by atoms with Crippen molar-refractivity contribution in [1.29, 1.82) is 0 Å². The molecule has 0 aliphatic heterocycles. The van der Waals surface area contributed by atoms with E-state index >= 15 is 0 Å². The highest BCUT2D eigenvalue weighted by Crippen LogP contribution is 2.64. The molecule has 190 valence electrons. The molecule has 4 fully saturated rings. The Hall–Kier alpha value is -0.330. The first kappa shape index (κ1) is 25.8. The van der Waals surface area contributed by atoms with Crippen molar-refractivity contribution in [2.75, 3.05) is 0 Å². The van der Waals surface area contributed by atoms with Gasteiger partial charge in [-0.3, -0.25) is 4.79 Å². The number of ketones is 1. The molecule has 0 aromatic carbocycles. The van der Waals surface area contributed by atoms with Crippen LogP contribution in [0.25, 0.3) is 0 Å². The highest BCUT2D eigenvalue weighted by molar-refractivity contribution is 5.96. The van der Waals surface area contributed by atoms with Crippen LogP contribution in [0.1, 0.15) is 162 Å². The highest BCUT2D eigenvalue weighted by Gasteiger charge is 2.63. The monoisotopic (exact) mass is 456 g/mol. The van der Waals surface area contributed by atoms with E-state index in [2.05, 4.69) is 13.8 Å². The minimum Gasteiger partial charge on any atom is -0.298 e. The van der Waals surface area contributed by atoms with E-state index in [1.54, 1.807) is 0 Å². The van der Waals surface area contributed by atoms with Crippen LogP contribution in [0.15, 0.2) is 0 Å². The second-order valence-electron chi connectivity index (χ2n) is 13.3. The maximum Gasteiger partial charge on any atom is 0.145 e. The summed E-state index contributed by atoms with van der Waals surface area (Å²) in [5.41, 5.74) is 0.281. The second-order valence-corrected chi connectivity index (χ2v) is 13.3. The van der Waals surface area contributed by atoms with Gasteiger partial charge in [-0.05, 0) is 94.3 Å². The minimum absolute atomic E-state index is 0.140. The Bertz CT molecular complexity index is 582. The lowest BCUT2D eigenvalue weighted by atomic mass is 9.42. The molecular weight excluding hydrogens is 400 g/mol. The summed E-state index contributed by atoms with van der Waals surface area (Å²) in [6.07, 6.45) is 31.9. The maximum absolute atomic E-state index is 13.6. The van der Waals surface area contributed by atoms with E-state index < -0.39 is 0 Å². The zero-order valence-corrected chi connectivity index (χ0v) is 22.5. The summed E-state index contributed by atoms with van der Waals surface area (Å²) < 4.78 is 0. The van der Waals surface area contributed by atoms with Crippen molar-refractivity contribution in [1.82, 2.24) is 0 Å². The molecule has 2 spiro atoms. The van der Waals surface area contributed by atoms with E-state index in [4.69, 9.17) is 0 Å². The van der Waals surface area contributed by atoms with Crippen LogP contribution in [0.2, 0.25) is 0 Å². The summed E-state index contributed by atoms with van der Waals surface area (Å²) in [6.45, 7) is 4.62. The van der Waals surface area contributed by atoms with Crippen LogP contribution in [-0.4, -0.2) is 5.78 Å². The summed E-state index contributed by atoms with van der Waals surface area (Å²) in [4.78, 5) is 13.6. The lowest BCUT2D eigenvalue weighted by Crippen LogP contribution is -2.59. The van der Waals surface area contributed by atoms with E-state index in [0.29, 0.717) is 0 Å². The number of hydrogen-bond donors (Lipinski definition) is 0. The van der Waals surface area contributed by atoms with Gasteiger partial charge in [-0.25, -0.2) is 0 Å². The van der Waals surface area contributed by atoms with Gasteiger partial charge >= 0.3 is 0 Å². The Balaban J connectivity index is 1.14. The molecule has 0 aromatic heterocycles. The first-order valence-electron chi connectivity index (χ1n) is 15.7. The van der Waals surface area contributed by atoms with E-state index in [1.165, 1.54) is 148 Å². The molecule has 0 atom stereocenters. The average molecular weight is 457 g/mol. The maximum atomic E-state index is 13.6. The summed E-state index contributed by atoms with van der Waals surface area (Å²) in [7, 11) is 0. The summed E-state index contributed by atoms with van der Waals surface area (Å²) in [5.74, 6) is 4.63. The first-order valence-corrected chi connectivity index (χ1v) is 15.7. The number of carbonyl (C=O) groups excluding carboxylic acids is 1. The first-order chi connectivity index (χ1) is 16.1. The average Bonchev–Trinajstić information content (AvgIpc) is 2.86. The quantitative estimate of drug-likeness (QED) is 0.283. The van der Waals surface area contributed by atoms with Crippen molar-refractivity contribution in [2.45, 2.75) is 162 Å². The Morgan fingerprint density at radius 3 is 1.61 bits per heavy atom. The van der Waals surface area contributed by atoms with Gasteiger partial charge in [-0.2, -0.15) is 0 Å². The molecule has 0 unspecified atom stereocenters. The summed E-state index contributed by atoms with van der Waals surface area (Å²) in [6, 6.07) is 0. The molecule has 4 rings (SSSR count). The number of Topliss-reactive ketones (excluding diaryl/α,β-unsaturated/α-hetero) is 1. The largest absolute Gasteiger partial charge is 0.298 e. The predicted octanol–water partition coefficient (Wildman–Crippen LogP) is 10.1. The SMILES string of the molecule is CCCCCCCC1CC[C@]2(CC1)C[C@@]1(CC[C@H](C3CCC(CCCCC)CC3)CC1)C2=O. The number of carbonyl (C=O) groups is 1. The number of unbranched alkanes of at least 4 members (excludes halogenated alkanes) is 6. The van der Waals surface area contributed by atoms with E-state index in [9.17, 15) is 4.79 Å². The van der Waals surface area contributed by atoms with Crippen LogP contribution in [0.3, 0.4) is 0 Å². The smallest absolute Gasteiger partial charge is 0.145 e. The van der Waals surface area contributed by atoms with Crippen LogP contribution >= 0.6 is 0 Å². The fourth-order valence-electron chi connectivity index (χ4n) is 8.92. The third kappa shape index (κ3) is 6.09. The molecule has 0 radical (unpaired) electrons. The normalized spacial score (nSPS) is 39.2. The topological polar surface area (TPSA) is 17.1 Å². The van der Waals surface area contributed by atoms with Gasteiger partial charge in [0.15, 0.2) is 0 Å². The van der Waals surface area contributed by atoms with Crippen molar-refractivity contribution >= 4 is 5.78 Å². The van der Waals surface area contributed by atoms with E-state index in [1.807, 2.05) is 0 Å². The zero-order valence-electron chi connectivity index (χ0n) is 22.5. The molecule has 0 N–H and O–H groups in total. The predicted molar refractivity (Wildman–Crippen MR) is 141 cm³/mol. The standard InChI is InChI=1S/C32H56O/c1-3-5-7-8-10-12-27-17-21-31(22-18-27)25-32(30(31)33)23-19-29(20-24-32)28-15-13-26(14-16-28)11-9-6-4-2/h26-29H,3-25H2,1-2H3/t26?,27?,28?,29-,31-,32-. The third-order valence-electron chi connectivity index (χ3n) is 11.2. The summed E-state index contributed by atoms with van der Waals surface area (Å²) >= 11 is 0. The van der Waals surface area contributed by atoms with Gasteiger partial charge in [0.2, 0.25) is 0 Å². The fourth-order valence-corrected chi connectivity index (χ4v) is 8.92. The molecule has 0 bridgehead atoms. The van der Waals surface area contributed by atoms with Crippen molar-refractivity contribution in [3.05, 3.63) is 0 Å². The second kappa shape index (κ2) is 12.1. The van der Waals surface area contributed by atoms with E-state index in [-0.39, 0.29) is 10.8 Å². The molecule has 4 saturated carbocycles. The van der Waals surface area contributed by atoms with Crippen LogP contribution in [0.5, 0.6) is 0 Å². The Labute approximate surface area is 206 Å². The van der Waals surface area contributed by atoms with Crippen molar-refractivity contribution in [3.8, 4) is 0 Å². The van der Waals surface area contributed by atoms with Gasteiger partial charge < -0.3 is 0 Å². The molecule has 33 heavy (non-hydrogen) atoms. The lowest BCUT2D eigenvalue weighted by Gasteiger charge is -2.59. The highest BCUT2D eigenvalue weighted by atomic mass is 16.1. The molecule has 0 aromatic rings. The zero-order chi connectivity index (χ0) is 23.2. The van der Waals surface area contributed by atoms with Gasteiger partial charge in [0.25, 0.3) is 0 Å². The van der Waals surface area contributed by atoms with Crippen LogP contribution in [0, 0.1) is 34.5 Å². The fraction of sp³-hybridized carbons (Fsp3) is 0.969. The van der Waals surface area contributed by atoms with Crippen molar-refractivity contribution in [3.63, 3.8) is 0 Å². The minimum atomic E-state index is 0.140. The summed E-state index contributed by atoms with van der Waals surface area (Å²) in [5, 5.41) is 0. The van der Waals surface area contributed by atoms with Gasteiger partial charge in [0, 0.05) is 10.8 Å². The van der Waals surface area contributed by atoms with Gasteiger partial charge in [0.1, 0.15) is 5.78 Å². The number of rotatable bonds is 11. The van der Waals surface area contributed by atoms with Crippen molar-refractivity contribution in [2.24, 2.45) is 34.5 Å². The van der Waals surface area contributed by atoms with Gasteiger partial charge in [-0.1, -0.05) is 90.9 Å². The molecule has 1 nitrogen and oxygen atoms in total. The van der Waals surface area contributed by atoms with Crippen molar-refractivity contribution < 1.29 is 4.79 Å². The third-order valence-corrected chi connectivity index (χ3v) is 11.2. The molecule has 4 aliphatic carbocycles. The molecular formula is C32H56O. The Morgan fingerprint density at radius 2 is 1.03 bits per heavy atom. The molecule has 0 amide bonds. The Morgan fingerprint density at radius 1 is 0.576 bits per heavy atom. The van der Waals surface area contributed by atoms with Gasteiger partial charge in [-0.15, -0.1) is 0 Å². The number of hydrogen-bond acceptors (Lipinski definition) is 1. The van der Waals surface area contributed by atoms with Crippen LogP contribution in [0.4, 0.5) is 0 Å². The van der Waals surface area contributed by atoms with Gasteiger partial charge in [0.05, 0.1) is 0 Å². The molecule has 1 heteroatoms. The lowest BCUT2D eigenvalue weighted by molar-refractivity contribution is -0.169. The van der Waals surface area contributed by atoms with Crippen LogP contribution < -0.4 is 0 Å². The molecule has 0 heterocycles. The van der Waals surface area contributed by atoms with Crippen LogP contribution in [-0.2, 0) is 4.79 Å². The molecule has 0 saturated heterocycles. The van der Waals surface area contributed by atoms with E-state index in [0.717, 1.165) is 29.5 Å². The molecule has 4 aliphatic rings.